The number of hydrogen-bond donors (Lipinski definition) is 1. The van der Waals surface area contributed by atoms with Crippen LogP contribution in [0.1, 0.15) is 36.7 Å². The summed E-state index contributed by atoms with van der Waals surface area (Å²) in [6, 6.07) is 12.4. The van der Waals surface area contributed by atoms with Crippen molar-refractivity contribution in [1.82, 2.24) is 4.90 Å². The Hall–Kier alpha value is -1.58. The van der Waals surface area contributed by atoms with E-state index in [0.717, 1.165) is 31.7 Å². The van der Waals surface area contributed by atoms with Crippen LogP contribution in [0.15, 0.2) is 47.1 Å². The van der Waals surface area contributed by atoms with E-state index in [1.54, 1.807) is 6.26 Å². The van der Waals surface area contributed by atoms with Crippen molar-refractivity contribution in [2.75, 3.05) is 6.54 Å². The van der Waals surface area contributed by atoms with E-state index in [1.165, 1.54) is 11.1 Å². The second-order valence-electron chi connectivity index (χ2n) is 5.68. The highest BCUT2D eigenvalue weighted by molar-refractivity contribution is 5.22. The van der Waals surface area contributed by atoms with Gasteiger partial charge in [-0.05, 0) is 31.0 Å². The molecular weight excluding hydrogens is 262 g/mol. The highest BCUT2D eigenvalue weighted by Crippen LogP contribution is 2.13. The maximum atomic E-state index is 10.1. The Bertz CT molecular complexity index is 522. The number of aryl methyl sites for hydroxylation is 1. The van der Waals surface area contributed by atoms with Gasteiger partial charge in [0.15, 0.2) is 0 Å². The summed E-state index contributed by atoms with van der Waals surface area (Å²) in [5.41, 5.74) is 2.53. The Balaban J connectivity index is 2.03. The van der Waals surface area contributed by atoms with Gasteiger partial charge >= 0.3 is 0 Å². The van der Waals surface area contributed by atoms with Crippen LogP contribution in [-0.4, -0.2) is 22.7 Å². The van der Waals surface area contributed by atoms with Gasteiger partial charge in [0.05, 0.1) is 18.9 Å². The first-order valence-corrected chi connectivity index (χ1v) is 7.65. The zero-order valence-corrected chi connectivity index (χ0v) is 13.0. The monoisotopic (exact) mass is 287 g/mol. The van der Waals surface area contributed by atoms with E-state index in [-0.39, 0.29) is 6.10 Å². The minimum Gasteiger partial charge on any atom is -0.468 e. The average Bonchev–Trinajstić information content (AvgIpc) is 2.91. The molecule has 3 nitrogen and oxygen atoms in total. The van der Waals surface area contributed by atoms with Crippen LogP contribution < -0.4 is 0 Å². The molecule has 1 heterocycles. The zero-order chi connectivity index (χ0) is 15.1. The van der Waals surface area contributed by atoms with Crippen LogP contribution in [0.5, 0.6) is 0 Å². The minimum atomic E-state index is -0.283. The summed E-state index contributed by atoms with van der Waals surface area (Å²) in [4.78, 5) is 2.24. The van der Waals surface area contributed by atoms with Gasteiger partial charge < -0.3 is 9.52 Å². The van der Waals surface area contributed by atoms with Gasteiger partial charge in [-0.2, -0.15) is 0 Å². The van der Waals surface area contributed by atoms with Gasteiger partial charge in [0.1, 0.15) is 5.76 Å². The Morgan fingerprint density at radius 1 is 1.19 bits per heavy atom. The van der Waals surface area contributed by atoms with Gasteiger partial charge in [-0.15, -0.1) is 0 Å². The van der Waals surface area contributed by atoms with Crippen molar-refractivity contribution in [1.29, 1.82) is 0 Å². The number of aliphatic hydroxyl groups is 1. The third-order valence-electron chi connectivity index (χ3n) is 3.54. The molecule has 0 bridgehead atoms. The van der Waals surface area contributed by atoms with Gasteiger partial charge in [-0.1, -0.05) is 43.2 Å². The summed E-state index contributed by atoms with van der Waals surface area (Å²) in [5, 5.41) is 10.1. The van der Waals surface area contributed by atoms with Crippen LogP contribution >= 0.6 is 0 Å². The summed E-state index contributed by atoms with van der Waals surface area (Å²) in [6.45, 7) is 6.42. The highest BCUT2D eigenvalue weighted by atomic mass is 16.3. The van der Waals surface area contributed by atoms with Crippen LogP contribution in [0.4, 0.5) is 0 Å². The lowest BCUT2D eigenvalue weighted by Crippen LogP contribution is -2.31. The first kappa shape index (κ1) is 15.8. The van der Waals surface area contributed by atoms with Gasteiger partial charge in [-0.25, -0.2) is 0 Å². The summed E-state index contributed by atoms with van der Waals surface area (Å²) < 4.78 is 5.44. The molecule has 0 radical (unpaired) electrons. The number of rotatable bonds is 8. The van der Waals surface area contributed by atoms with Gasteiger partial charge in [0.25, 0.3) is 0 Å². The second-order valence-corrected chi connectivity index (χ2v) is 5.68. The topological polar surface area (TPSA) is 36.6 Å². The third kappa shape index (κ3) is 5.37. The molecule has 2 rings (SSSR count). The Morgan fingerprint density at radius 3 is 2.71 bits per heavy atom. The summed E-state index contributed by atoms with van der Waals surface area (Å²) in [6.07, 6.45) is 3.25. The molecule has 0 saturated heterocycles. The summed E-state index contributed by atoms with van der Waals surface area (Å²) in [7, 11) is 0. The zero-order valence-electron chi connectivity index (χ0n) is 13.0. The molecule has 1 aromatic heterocycles. The van der Waals surface area contributed by atoms with E-state index in [0.29, 0.717) is 6.54 Å². The molecule has 1 N–H and O–H groups in total. The number of aliphatic hydroxyl groups excluding tert-OH is 1. The standard InChI is InChI=1S/C18H25NO2/c1-3-6-17(20)13-19(14-18-9-5-10-21-18)12-16-8-4-7-15(2)11-16/h4-5,7-11,17,20H,3,6,12-14H2,1-2H3/t17-/m0/s1. The largest absolute Gasteiger partial charge is 0.468 e. The van der Waals surface area contributed by atoms with Crippen molar-refractivity contribution in [2.45, 2.75) is 45.9 Å². The molecule has 1 atom stereocenters. The lowest BCUT2D eigenvalue weighted by molar-refractivity contribution is 0.0932. The molecule has 0 saturated carbocycles. The lowest BCUT2D eigenvalue weighted by atomic mass is 10.1. The van der Waals surface area contributed by atoms with Crippen LogP contribution in [0.25, 0.3) is 0 Å². The molecule has 0 aliphatic rings. The van der Waals surface area contributed by atoms with Crippen LogP contribution in [0.2, 0.25) is 0 Å². The summed E-state index contributed by atoms with van der Waals surface area (Å²) >= 11 is 0. The van der Waals surface area contributed by atoms with E-state index >= 15 is 0 Å². The molecule has 3 heteroatoms. The number of furan rings is 1. The van der Waals surface area contributed by atoms with Gasteiger partial charge in [0.2, 0.25) is 0 Å². The van der Waals surface area contributed by atoms with Crippen molar-refractivity contribution in [3.05, 3.63) is 59.5 Å². The fraction of sp³-hybridized carbons (Fsp3) is 0.444. The SMILES string of the molecule is CCC[C@H](O)CN(Cc1cccc(C)c1)Cc1ccco1. The Kier molecular flexibility index (Phi) is 6.03. The molecule has 1 aromatic carbocycles. The smallest absolute Gasteiger partial charge is 0.117 e. The van der Waals surface area contributed by atoms with Crippen LogP contribution in [0, 0.1) is 6.92 Å². The first-order chi connectivity index (χ1) is 10.2. The van der Waals surface area contributed by atoms with Crippen molar-refractivity contribution in [3.63, 3.8) is 0 Å². The molecule has 0 spiro atoms. The average molecular weight is 287 g/mol. The van der Waals surface area contributed by atoms with E-state index in [2.05, 4.69) is 43.0 Å². The quantitative estimate of drug-likeness (QED) is 0.803. The van der Waals surface area contributed by atoms with Crippen LogP contribution in [-0.2, 0) is 13.1 Å². The highest BCUT2D eigenvalue weighted by Gasteiger charge is 2.13. The fourth-order valence-corrected chi connectivity index (χ4v) is 2.60. The maximum absolute atomic E-state index is 10.1. The Labute approximate surface area is 127 Å². The predicted octanol–water partition coefficient (Wildman–Crippen LogP) is 3.75. The molecule has 0 fully saturated rings. The molecule has 114 valence electrons. The van der Waals surface area contributed by atoms with Gasteiger partial charge in [0, 0.05) is 13.1 Å². The Morgan fingerprint density at radius 2 is 2.05 bits per heavy atom. The lowest BCUT2D eigenvalue weighted by Gasteiger charge is -2.24. The molecule has 2 aromatic rings. The first-order valence-electron chi connectivity index (χ1n) is 7.65. The van der Waals surface area contributed by atoms with Crippen LogP contribution in [0.3, 0.4) is 0 Å². The van der Waals surface area contributed by atoms with Crippen molar-refractivity contribution >= 4 is 0 Å². The normalized spacial score (nSPS) is 12.8. The minimum absolute atomic E-state index is 0.283. The number of benzene rings is 1. The van der Waals surface area contributed by atoms with E-state index in [1.807, 2.05) is 12.1 Å². The van der Waals surface area contributed by atoms with E-state index in [9.17, 15) is 5.11 Å². The van der Waals surface area contributed by atoms with E-state index < -0.39 is 0 Å². The predicted molar refractivity (Wildman–Crippen MR) is 84.9 cm³/mol. The van der Waals surface area contributed by atoms with Gasteiger partial charge in [-0.3, -0.25) is 4.90 Å². The summed E-state index contributed by atoms with van der Waals surface area (Å²) in [5.74, 6) is 0.936. The van der Waals surface area contributed by atoms with Crippen molar-refractivity contribution in [3.8, 4) is 0 Å². The molecule has 21 heavy (non-hydrogen) atoms. The molecule has 0 aliphatic heterocycles. The third-order valence-corrected chi connectivity index (χ3v) is 3.54. The van der Waals surface area contributed by atoms with Crippen molar-refractivity contribution < 1.29 is 9.52 Å². The maximum Gasteiger partial charge on any atom is 0.117 e. The van der Waals surface area contributed by atoms with Crippen molar-refractivity contribution in [2.24, 2.45) is 0 Å². The molecule has 0 unspecified atom stereocenters. The number of hydrogen-bond acceptors (Lipinski definition) is 3. The molecular formula is C18H25NO2. The fourth-order valence-electron chi connectivity index (χ4n) is 2.60. The molecule has 0 amide bonds. The second kappa shape index (κ2) is 8.01. The molecule has 0 aliphatic carbocycles. The van der Waals surface area contributed by atoms with E-state index in [4.69, 9.17) is 4.42 Å². The number of nitrogens with zero attached hydrogens (tertiary/aromatic N) is 1.